The topological polar surface area (TPSA) is 93.1 Å². The number of halogens is 4. The SMILES string of the molecule is CNS(=O)(=O)CCNc1cnn(CC(F)(F)F)c(=O)c1Br. The first-order valence-electron chi connectivity index (χ1n) is 5.53. The van der Waals surface area contributed by atoms with Crippen molar-refractivity contribution in [2.24, 2.45) is 0 Å². The van der Waals surface area contributed by atoms with E-state index in [0.717, 1.165) is 6.20 Å². The quantitative estimate of drug-likeness (QED) is 0.736. The summed E-state index contributed by atoms with van der Waals surface area (Å²) in [7, 11) is -2.17. The predicted molar refractivity (Wildman–Crippen MR) is 73.6 cm³/mol. The van der Waals surface area contributed by atoms with E-state index in [9.17, 15) is 26.4 Å². The summed E-state index contributed by atoms with van der Waals surface area (Å²) in [5.41, 5.74) is -0.849. The first-order valence-corrected chi connectivity index (χ1v) is 7.98. The number of aromatic nitrogens is 2. The van der Waals surface area contributed by atoms with Crippen LogP contribution in [0.2, 0.25) is 0 Å². The molecule has 21 heavy (non-hydrogen) atoms. The highest BCUT2D eigenvalue weighted by atomic mass is 79.9. The van der Waals surface area contributed by atoms with Gasteiger partial charge in [0.05, 0.1) is 17.6 Å². The highest BCUT2D eigenvalue weighted by Gasteiger charge is 2.29. The second-order valence-electron chi connectivity index (χ2n) is 3.90. The van der Waals surface area contributed by atoms with Crippen LogP contribution in [0, 0.1) is 0 Å². The van der Waals surface area contributed by atoms with Crippen molar-refractivity contribution in [3.8, 4) is 0 Å². The van der Waals surface area contributed by atoms with Gasteiger partial charge in [-0.25, -0.2) is 17.8 Å². The van der Waals surface area contributed by atoms with Crippen LogP contribution in [0.3, 0.4) is 0 Å². The van der Waals surface area contributed by atoms with Gasteiger partial charge >= 0.3 is 6.18 Å². The first-order chi connectivity index (χ1) is 9.56. The molecule has 0 spiro atoms. The molecule has 2 N–H and O–H groups in total. The molecule has 0 amide bonds. The van der Waals surface area contributed by atoms with Gasteiger partial charge in [-0.3, -0.25) is 4.79 Å². The fourth-order valence-corrected chi connectivity index (χ4v) is 2.32. The van der Waals surface area contributed by atoms with Gasteiger partial charge in [-0.05, 0) is 23.0 Å². The number of nitrogens with one attached hydrogen (secondary N) is 2. The van der Waals surface area contributed by atoms with Gasteiger partial charge in [0, 0.05) is 6.54 Å². The number of nitrogens with zero attached hydrogens (tertiary/aromatic N) is 2. The van der Waals surface area contributed by atoms with Crippen LogP contribution in [-0.2, 0) is 16.6 Å². The zero-order valence-corrected chi connectivity index (χ0v) is 13.1. The van der Waals surface area contributed by atoms with E-state index in [4.69, 9.17) is 0 Å². The van der Waals surface area contributed by atoms with Crippen LogP contribution in [-0.4, -0.2) is 43.7 Å². The summed E-state index contributed by atoms with van der Waals surface area (Å²) in [5.74, 6) is -0.262. The van der Waals surface area contributed by atoms with Crippen LogP contribution in [0.5, 0.6) is 0 Å². The van der Waals surface area contributed by atoms with Crippen LogP contribution in [0.1, 0.15) is 0 Å². The molecule has 0 bridgehead atoms. The number of alkyl halides is 3. The first kappa shape index (κ1) is 17.9. The van der Waals surface area contributed by atoms with Crippen LogP contribution < -0.4 is 15.6 Å². The van der Waals surface area contributed by atoms with Gasteiger partial charge in [0.15, 0.2) is 0 Å². The number of anilines is 1. The molecule has 1 aromatic rings. The molecule has 120 valence electrons. The Morgan fingerprint density at radius 2 is 2.05 bits per heavy atom. The normalized spacial score (nSPS) is 12.4. The summed E-state index contributed by atoms with van der Waals surface area (Å²) in [5, 5.41) is 6.00. The van der Waals surface area contributed by atoms with E-state index in [0.29, 0.717) is 0 Å². The summed E-state index contributed by atoms with van der Waals surface area (Å²) in [6.45, 7) is -1.54. The Labute approximate surface area is 126 Å². The van der Waals surface area contributed by atoms with Gasteiger partial charge in [-0.15, -0.1) is 0 Å². The third kappa shape index (κ3) is 5.63. The number of rotatable bonds is 6. The molecule has 1 heterocycles. The lowest BCUT2D eigenvalue weighted by Gasteiger charge is -2.11. The molecule has 0 fully saturated rings. The van der Waals surface area contributed by atoms with Crippen molar-refractivity contribution in [2.45, 2.75) is 12.7 Å². The Bertz CT molecular complexity index is 659. The van der Waals surface area contributed by atoms with E-state index in [1.54, 1.807) is 0 Å². The third-order valence-corrected chi connectivity index (χ3v) is 4.44. The average Bonchev–Trinajstić information content (AvgIpc) is 2.36. The molecular formula is C9H12BrF3N4O3S. The zero-order valence-electron chi connectivity index (χ0n) is 10.7. The average molecular weight is 393 g/mol. The summed E-state index contributed by atoms with van der Waals surface area (Å²) in [6.07, 6.45) is -3.55. The highest BCUT2D eigenvalue weighted by molar-refractivity contribution is 9.10. The molecule has 7 nitrogen and oxygen atoms in total. The standard InChI is InChI=1S/C9H12BrF3N4O3S/c1-14-21(19,20)3-2-15-6-4-16-17(5-9(11,12)13)8(18)7(6)10/h4,14-15H,2-3,5H2,1H3. The maximum absolute atomic E-state index is 12.2. The Balaban J connectivity index is 2.83. The minimum Gasteiger partial charge on any atom is -0.382 e. The van der Waals surface area contributed by atoms with Crippen molar-refractivity contribution in [1.29, 1.82) is 0 Å². The molecule has 0 radical (unpaired) electrons. The lowest BCUT2D eigenvalue weighted by Crippen LogP contribution is -2.31. The van der Waals surface area contributed by atoms with E-state index in [-0.39, 0.29) is 27.1 Å². The van der Waals surface area contributed by atoms with E-state index < -0.39 is 28.3 Å². The van der Waals surface area contributed by atoms with E-state index >= 15 is 0 Å². The van der Waals surface area contributed by atoms with E-state index in [2.05, 4.69) is 31.1 Å². The second kappa shape index (κ2) is 6.75. The molecule has 0 aliphatic carbocycles. The Hall–Kier alpha value is -1.14. The van der Waals surface area contributed by atoms with Crippen LogP contribution in [0.25, 0.3) is 0 Å². The maximum atomic E-state index is 12.2. The maximum Gasteiger partial charge on any atom is 0.408 e. The van der Waals surface area contributed by atoms with Gasteiger partial charge < -0.3 is 5.32 Å². The van der Waals surface area contributed by atoms with E-state index in [1.165, 1.54) is 7.05 Å². The molecule has 0 atom stereocenters. The minimum absolute atomic E-state index is 0.0355. The Morgan fingerprint density at radius 1 is 1.43 bits per heavy atom. The van der Waals surface area contributed by atoms with Crippen molar-refractivity contribution in [3.05, 3.63) is 21.0 Å². The van der Waals surface area contributed by atoms with Crippen molar-refractivity contribution >= 4 is 31.6 Å². The van der Waals surface area contributed by atoms with Gasteiger partial charge in [0.1, 0.15) is 11.0 Å². The van der Waals surface area contributed by atoms with Crippen molar-refractivity contribution in [1.82, 2.24) is 14.5 Å². The predicted octanol–water partition coefficient (Wildman–Crippen LogP) is 0.529. The lowest BCUT2D eigenvalue weighted by molar-refractivity contribution is -0.143. The summed E-state index contributed by atoms with van der Waals surface area (Å²) >= 11 is 2.87. The molecule has 12 heteroatoms. The van der Waals surface area contributed by atoms with Crippen LogP contribution in [0.15, 0.2) is 15.5 Å². The third-order valence-electron chi connectivity index (χ3n) is 2.31. The number of hydrogen-bond donors (Lipinski definition) is 2. The van der Waals surface area contributed by atoms with Gasteiger partial charge in [-0.1, -0.05) is 0 Å². The molecule has 0 aliphatic rings. The molecule has 0 aliphatic heterocycles. The highest BCUT2D eigenvalue weighted by Crippen LogP contribution is 2.19. The monoisotopic (exact) mass is 392 g/mol. The molecule has 0 unspecified atom stereocenters. The van der Waals surface area contributed by atoms with Gasteiger partial charge in [0.2, 0.25) is 10.0 Å². The zero-order chi connectivity index (χ0) is 16.3. The van der Waals surface area contributed by atoms with Crippen molar-refractivity contribution in [3.63, 3.8) is 0 Å². The minimum atomic E-state index is -4.56. The summed E-state index contributed by atoms with van der Waals surface area (Å²) < 4.78 is 61.2. The molecule has 0 aromatic carbocycles. The Morgan fingerprint density at radius 3 is 2.57 bits per heavy atom. The molecular weight excluding hydrogens is 381 g/mol. The molecule has 1 aromatic heterocycles. The largest absolute Gasteiger partial charge is 0.408 e. The smallest absolute Gasteiger partial charge is 0.382 e. The van der Waals surface area contributed by atoms with Crippen LogP contribution >= 0.6 is 15.9 Å². The molecule has 1 rings (SSSR count). The number of hydrogen-bond acceptors (Lipinski definition) is 5. The molecule has 0 saturated heterocycles. The van der Waals surface area contributed by atoms with E-state index in [1.807, 2.05) is 0 Å². The lowest BCUT2D eigenvalue weighted by atomic mass is 10.4. The second-order valence-corrected chi connectivity index (χ2v) is 6.74. The fraction of sp³-hybridized carbons (Fsp3) is 0.556. The Kier molecular flexibility index (Phi) is 5.75. The van der Waals surface area contributed by atoms with Crippen LogP contribution in [0.4, 0.5) is 18.9 Å². The van der Waals surface area contributed by atoms with Gasteiger partial charge in [-0.2, -0.15) is 18.3 Å². The fourth-order valence-electron chi connectivity index (χ4n) is 1.29. The van der Waals surface area contributed by atoms with Gasteiger partial charge in [0.25, 0.3) is 5.56 Å². The summed E-state index contributed by atoms with van der Waals surface area (Å²) in [6, 6.07) is 0. The number of sulfonamides is 1. The summed E-state index contributed by atoms with van der Waals surface area (Å²) in [4.78, 5) is 11.7. The van der Waals surface area contributed by atoms with Crippen molar-refractivity contribution in [2.75, 3.05) is 24.7 Å². The van der Waals surface area contributed by atoms with Crippen molar-refractivity contribution < 1.29 is 21.6 Å². The molecule has 0 saturated carbocycles.